The number of aliphatic hydroxyl groups is 1. The first kappa shape index (κ1) is 13.4. The normalized spacial score (nSPS) is 23.7. The third kappa shape index (κ3) is 3.03. The summed E-state index contributed by atoms with van der Waals surface area (Å²) < 4.78 is 0.775. The van der Waals surface area contributed by atoms with E-state index >= 15 is 0 Å². The van der Waals surface area contributed by atoms with Crippen molar-refractivity contribution in [3.8, 4) is 0 Å². The van der Waals surface area contributed by atoms with Crippen molar-refractivity contribution in [2.75, 3.05) is 5.73 Å². The molecule has 0 spiro atoms. The third-order valence-electron chi connectivity index (χ3n) is 3.30. The lowest BCUT2D eigenvalue weighted by molar-refractivity contribution is 0.0717. The molecule has 1 fully saturated rings. The number of nitrogens with one attached hydrogen (secondary N) is 1. The van der Waals surface area contributed by atoms with Crippen LogP contribution in [-0.2, 0) is 0 Å². The van der Waals surface area contributed by atoms with Crippen molar-refractivity contribution in [2.24, 2.45) is 0 Å². The molecule has 0 bridgehead atoms. The number of nitrogens with two attached hydrogens (primary N) is 1. The molecule has 5 heteroatoms. The largest absolute Gasteiger partial charge is 0.398 e. The van der Waals surface area contributed by atoms with Crippen LogP contribution in [-0.4, -0.2) is 23.2 Å². The number of rotatable bonds is 2. The third-order valence-corrected chi connectivity index (χ3v) is 4.03. The minimum absolute atomic E-state index is 0.142. The lowest BCUT2D eigenvalue weighted by Crippen LogP contribution is -2.45. The summed E-state index contributed by atoms with van der Waals surface area (Å²) in [7, 11) is 0. The number of nitrogen functional groups attached to an aromatic ring is 1. The van der Waals surface area contributed by atoms with Crippen LogP contribution < -0.4 is 11.1 Å². The van der Waals surface area contributed by atoms with Crippen LogP contribution in [0.2, 0.25) is 0 Å². The molecule has 1 saturated carbocycles. The summed E-state index contributed by atoms with van der Waals surface area (Å²) in [5, 5.41) is 12.7. The lowest BCUT2D eigenvalue weighted by atomic mass is 9.92. The Kier molecular flexibility index (Phi) is 4.24. The fourth-order valence-corrected chi connectivity index (χ4v) is 2.46. The second-order valence-corrected chi connectivity index (χ2v) is 5.52. The molecule has 0 aliphatic heterocycles. The topological polar surface area (TPSA) is 75.4 Å². The summed E-state index contributed by atoms with van der Waals surface area (Å²) in [6.45, 7) is 0. The van der Waals surface area contributed by atoms with Crippen molar-refractivity contribution in [3.63, 3.8) is 0 Å². The molecule has 1 aromatic rings. The highest BCUT2D eigenvalue weighted by atomic mass is 79.9. The minimum atomic E-state index is -0.435. The van der Waals surface area contributed by atoms with E-state index in [4.69, 9.17) is 5.73 Å². The number of halogens is 1. The molecule has 4 nitrogen and oxygen atoms in total. The van der Waals surface area contributed by atoms with Crippen LogP contribution in [0.25, 0.3) is 0 Å². The summed E-state index contributed by atoms with van der Waals surface area (Å²) in [4.78, 5) is 12.0. The zero-order chi connectivity index (χ0) is 13.1. The molecule has 98 valence electrons. The number of anilines is 1. The van der Waals surface area contributed by atoms with Crippen LogP contribution in [0.5, 0.6) is 0 Å². The summed E-state index contributed by atoms with van der Waals surface area (Å²) in [5.74, 6) is -0.180. The van der Waals surface area contributed by atoms with Crippen LogP contribution in [0, 0.1) is 0 Å². The first-order chi connectivity index (χ1) is 8.58. The number of carbonyl (C=O) groups is 1. The first-order valence-corrected chi connectivity index (χ1v) is 6.91. The van der Waals surface area contributed by atoms with Gasteiger partial charge in [-0.2, -0.15) is 0 Å². The number of carbonyl (C=O) groups excluding carboxylic acids is 1. The predicted molar refractivity (Wildman–Crippen MR) is 74.3 cm³/mol. The Morgan fingerprint density at radius 3 is 2.78 bits per heavy atom. The quantitative estimate of drug-likeness (QED) is 0.732. The maximum Gasteiger partial charge on any atom is 0.251 e. The van der Waals surface area contributed by atoms with Gasteiger partial charge >= 0.3 is 0 Å². The average Bonchev–Trinajstić information content (AvgIpc) is 2.35. The molecule has 1 aliphatic carbocycles. The van der Waals surface area contributed by atoms with E-state index < -0.39 is 6.10 Å². The summed E-state index contributed by atoms with van der Waals surface area (Å²) >= 11 is 3.29. The molecule has 0 aromatic heterocycles. The highest BCUT2D eigenvalue weighted by Crippen LogP contribution is 2.22. The second kappa shape index (κ2) is 5.71. The monoisotopic (exact) mass is 312 g/mol. The summed E-state index contributed by atoms with van der Waals surface area (Å²) in [6.07, 6.45) is 3.23. The molecule has 1 aliphatic rings. The van der Waals surface area contributed by atoms with E-state index in [-0.39, 0.29) is 11.9 Å². The summed E-state index contributed by atoms with van der Waals surface area (Å²) in [6, 6.07) is 4.96. The van der Waals surface area contributed by atoms with Gasteiger partial charge in [-0.1, -0.05) is 12.8 Å². The average molecular weight is 313 g/mol. The molecule has 1 aromatic carbocycles. The van der Waals surface area contributed by atoms with Gasteiger partial charge < -0.3 is 16.2 Å². The number of hydrogen-bond donors (Lipinski definition) is 3. The fourth-order valence-electron chi connectivity index (χ4n) is 2.22. The second-order valence-electron chi connectivity index (χ2n) is 4.67. The van der Waals surface area contributed by atoms with Crippen LogP contribution >= 0.6 is 15.9 Å². The SMILES string of the molecule is Nc1cc(C(=O)N[C@@H]2CCCC[C@H]2O)ccc1Br. The van der Waals surface area contributed by atoms with Gasteiger partial charge in [-0.05, 0) is 47.0 Å². The highest BCUT2D eigenvalue weighted by Gasteiger charge is 2.24. The van der Waals surface area contributed by atoms with Gasteiger partial charge in [-0.3, -0.25) is 4.79 Å². The Bertz CT molecular complexity index is 451. The van der Waals surface area contributed by atoms with Gasteiger partial charge in [0, 0.05) is 15.7 Å². The first-order valence-electron chi connectivity index (χ1n) is 6.12. The standard InChI is InChI=1S/C13H17BrN2O2/c14-9-6-5-8(7-10(9)15)13(18)16-11-3-1-2-4-12(11)17/h5-7,11-12,17H,1-4,15H2,(H,16,18)/t11-,12-/m1/s1. The molecule has 0 saturated heterocycles. The minimum Gasteiger partial charge on any atom is -0.398 e. The highest BCUT2D eigenvalue weighted by molar-refractivity contribution is 9.10. The molecule has 0 radical (unpaired) electrons. The zero-order valence-corrected chi connectivity index (χ0v) is 11.6. The van der Waals surface area contributed by atoms with E-state index in [9.17, 15) is 9.90 Å². The van der Waals surface area contributed by atoms with Crippen molar-refractivity contribution in [1.29, 1.82) is 0 Å². The van der Waals surface area contributed by atoms with Gasteiger partial charge in [0.05, 0.1) is 12.1 Å². The Balaban J connectivity index is 2.04. The Morgan fingerprint density at radius 2 is 2.11 bits per heavy atom. The predicted octanol–water partition coefficient (Wildman–Crippen LogP) is 2.06. The summed E-state index contributed by atoms with van der Waals surface area (Å²) in [5.41, 5.74) is 6.80. The van der Waals surface area contributed by atoms with Crippen molar-refractivity contribution in [3.05, 3.63) is 28.2 Å². The van der Waals surface area contributed by atoms with Crippen LogP contribution in [0.1, 0.15) is 36.0 Å². The van der Waals surface area contributed by atoms with E-state index in [1.807, 2.05) is 0 Å². The molecule has 0 unspecified atom stereocenters. The molecule has 0 heterocycles. The van der Waals surface area contributed by atoms with Crippen molar-refractivity contribution < 1.29 is 9.90 Å². The number of amides is 1. The van der Waals surface area contributed by atoms with E-state index in [0.717, 1.165) is 30.2 Å². The number of hydrogen-bond acceptors (Lipinski definition) is 3. The van der Waals surface area contributed by atoms with Gasteiger partial charge in [0.25, 0.3) is 5.91 Å². The molecular formula is C13H17BrN2O2. The van der Waals surface area contributed by atoms with E-state index in [2.05, 4.69) is 21.2 Å². The molecule has 2 rings (SSSR count). The van der Waals surface area contributed by atoms with E-state index in [1.54, 1.807) is 18.2 Å². The zero-order valence-electron chi connectivity index (χ0n) is 10.0. The number of aliphatic hydroxyl groups excluding tert-OH is 1. The molecule has 4 N–H and O–H groups in total. The molecule has 2 atom stereocenters. The van der Waals surface area contributed by atoms with Crippen molar-refractivity contribution in [2.45, 2.75) is 37.8 Å². The van der Waals surface area contributed by atoms with Crippen LogP contribution in [0.3, 0.4) is 0 Å². The van der Waals surface area contributed by atoms with Gasteiger partial charge in [0.1, 0.15) is 0 Å². The van der Waals surface area contributed by atoms with Crippen LogP contribution in [0.4, 0.5) is 5.69 Å². The van der Waals surface area contributed by atoms with Crippen LogP contribution in [0.15, 0.2) is 22.7 Å². The Labute approximate surface area is 115 Å². The van der Waals surface area contributed by atoms with E-state index in [0.29, 0.717) is 11.3 Å². The van der Waals surface area contributed by atoms with Gasteiger partial charge in [0.15, 0.2) is 0 Å². The van der Waals surface area contributed by atoms with E-state index in [1.165, 1.54) is 0 Å². The van der Waals surface area contributed by atoms with Crippen molar-refractivity contribution in [1.82, 2.24) is 5.32 Å². The number of benzene rings is 1. The van der Waals surface area contributed by atoms with Gasteiger partial charge in [-0.15, -0.1) is 0 Å². The Hall–Kier alpha value is -1.07. The smallest absolute Gasteiger partial charge is 0.251 e. The maximum absolute atomic E-state index is 12.0. The Morgan fingerprint density at radius 1 is 1.39 bits per heavy atom. The van der Waals surface area contributed by atoms with Crippen molar-refractivity contribution >= 4 is 27.5 Å². The van der Waals surface area contributed by atoms with Gasteiger partial charge in [0.2, 0.25) is 0 Å². The maximum atomic E-state index is 12.0. The molecular weight excluding hydrogens is 296 g/mol. The van der Waals surface area contributed by atoms with Gasteiger partial charge in [-0.25, -0.2) is 0 Å². The fraction of sp³-hybridized carbons (Fsp3) is 0.462. The molecule has 1 amide bonds. The lowest BCUT2D eigenvalue weighted by Gasteiger charge is -2.28. The molecule has 18 heavy (non-hydrogen) atoms.